The topological polar surface area (TPSA) is 65.5 Å². The first-order valence-electron chi connectivity index (χ1n) is 5.76. The summed E-state index contributed by atoms with van der Waals surface area (Å²) in [5.41, 5.74) is 0.436. The van der Waals surface area contributed by atoms with E-state index in [-0.39, 0.29) is 17.7 Å². The molecule has 2 rings (SSSR count). The molecule has 2 atom stereocenters. The fourth-order valence-electron chi connectivity index (χ4n) is 2.02. The lowest BCUT2D eigenvalue weighted by Gasteiger charge is -2.37. The van der Waals surface area contributed by atoms with Crippen LogP contribution < -0.4 is 5.32 Å². The number of piperazine rings is 1. The summed E-state index contributed by atoms with van der Waals surface area (Å²) in [5, 5.41) is 12.7. The van der Waals surface area contributed by atoms with Gasteiger partial charge in [0.2, 0.25) is 0 Å². The molecule has 17 heavy (non-hydrogen) atoms. The summed E-state index contributed by atoms with van der Waals surface area (Å²) in [4.78, 5) is 17.9. The van der Waals surface area contributed by atoms with Gasteiger partial charge in [-0.15, -0.1) is 0 Å². The number of carbonyl (C=O) groups is 1. The predicted molar refractivity (Wildman–Crippen MR) is 63.9 cm³/mol. The maximum absolute atomic E-state index is 12.3. The molecule has 0 radical (unpaired) electrons. The Bertz CT molecular complexity index is 422. The van der Waals surface area contributed by atoms with E-state index in [0.29, 0.717) is 18.2 Å². The molecular weight excluding hydrogens is 218 g/mol. The molecule has 0 bridgehead atoms. The zero-order chi connectivity index (χ0) is 12.4. The van der Waals surface area contributed by atoms with Crippen LogP contribution in [0.4, 0.5) is 0 Å². The maximum atomic E-state index is 12.3. The van der Waals surface area contributed by atoms with E-state index in [2.05, 4.69) is 10.3 Å². The van der Waals surface area contributed by atoms with Crippen LogP contribution in [0.15, 0.2) is 18.5 Å². The normalized spacial score (nSPS) is 24.7. The molecule has 92 valence electrons. The molecule has 0 saturated carbocycles. The van der Waals surface area contributed by atoms with Gasteiger partial charge in [-0.2, -0.15) is 0 Å². The Labute approximate surface area is 100 Å². The number of aromatic hydroxyl groups is 1. The summed E-state index contributed by atoms with van der Waals surface area (Å²) in [6.45, 7) is 5.52. The van der Waals surface area contributed by atoms with Crippen LogP contribution in [-0.2, 0) is 0 Å². The first-order chi connectivity index (χ1) is 8.08. The van der Waals surface area contributed by atoms with Crippen molar-refractivity contribution in [1.29, 1.82) is 0 Å². The zero-order valence-corrected chi connectivity index (χ0v) is 10.1. The number of aromatic nitrogens is 1. The van der Waals surface area contributed by atoms with Crippen LogP contribution in [0.3, 0.4) is 0 Å². The van der Waals surface area contributed by atoms with Crippen LogP contribution in [0.2, 0.25) is 0 Å². The second-order valence-electron chi connectivity index (χ2n) is 4.55. The number of hydrogen-bond acceptors (Lipinski definition) is 4. The van der Waals surface area contributed by atoms with Crippen LogP contribution in [0, 0.1) is 0 Å². The Morgan fingerprint density at radius 3 is 3.00 bits per heavy atom. The third-order valence-corrected chi connectivity index (χ3v) is 3.00. The van der Waals surface area contributed by atoms with Gasteiger partial charge in [-0.25, -0.2) is 0 Å². The smallest absolute Gasteiger partial charge is 0.255 e. The van der Waals surface area contributed by atoms with Gasteiger partial charge in [0, 0.05) is 31.4 Å². The first-order valence-corrected chi connectivity index (χ1v) is 5.76. The quantitative estimate of drug-likeness (QED) is 0.748. The molecule has 2 unspecified atom stereocenters. The van der Waals surface area contributed by atoms with Crippen molar-refractivity contribution in [2.75, 3.05) is 13.1 Å². The van der Waals surface area contributed by atoms with Crippen molar-refractivity contribution in [3.63, 3.8) is 0 Å². The average molecular weight is 235 g/mol. The van der Waals surface area contributed by atoms with E-state index in [9.17, 15) is 9.90 Å². The van der Waals surface area contributed by atoms with E-state index in [1.165, 1.54) is 18.5 Å². The molecular formula is C12H17N3O2. The number of hydrogen-bond donors (Lipinski definition) is 2. The summed E-state index contributed by atoms with van der Waals surface area (Å²) in [6.07, 6.45) is 2.81. The SMILES string of the molecule is CC1CN(C(=O)c2cncc(O)c2)C(C)CN1. The number of carbonyl (C=O) groups excluding carboxylic acids is 1. The van der Waals surface area contributed by atoms with Crippen molar-refractivity contribution in [3.8, 4) is 5.75 Å². The number of rotatable bonds is 1. The molecule has 1 aromatic rings. The minimum absolute atomic E-state index is 0.0201. The highest BCUT2D eigenvalue weighted by Gasteiger charge is 2.27. The lowest BCUT2D eigenvalue weighted by atomic mass is 10.1. The third-order valence-electron chi connectivity index (χ3n) is 3.00. The zero-order valence-electron chi connectivity index (χ0n) is 10.1. The van der Waals surface area contributed by atoms with Crippen molar-refractivity contribution in [3.05, 3.63) is 24.0 Å². The van der Waals surface area contributed by atoms with Crippen molar-refractivity contribution in [2.45, 2.75) is 25.9 Å². The standard InChI is InChI=1S/C12H17N3O2/c1-8-7-15(9(2)4-14-8)12(17)10-3-11(16)6-13-5-10/h3,5-6,8-9,14,16H,4,7H2,1-2H3. The molecule has 1 fully saturated rings. The summed E-state index contributed by atoms with van der Waals surface area (Å²) in [7, 11) is 0. The van der Waals surface area contributed by atoms with Gasteiger partial charge >= 0.3 is 0 Å². The fraction of sp³-hybridized carbons (Fsp3) is 0.500. The monoisotopic (exact) mass is 235 g/mol. The van der Waals surface area contributed by atoms with Gasteiger partial charge in [-0.05, 0) is 19.9 Å². The molecule has 1 aliphatic heterocycles. The van der Waals surface area contributed by atoms with Crippen LogP contribution in [-0.4, -0.2) is 46.1 Å². The highest BCUT2D eigenvalue weighted by molar-refractivity contribution is 5.94. The number of nitrogens with zero attached hydrogens (tertiary/aromatic N) is 2. The highest BCUT2D eigenvalue weighted by atomic mass is 16.3. The minimum atomic E-state index is -0.0748. The number of nitrogens with one attached hydrogen (secondary N) is 1. The summed E-state index contributed by atoms with van der Waals surface area (Å²) < 4.78 is 0. The van der Waals surface area contributed by atoms with Gasteiger partial charge in [-0.3, -0.25) is 9.78 Å². The summed E-state index contributed by atoms with van der Waals surface area (Å²) >= 11 is 0. The van der Waals surface area contributed by atoms with E-state index >= 15 is 0 Å². The lowest BCUT2D eigenvalue weighted by molar-refractivity contribution is 0.0615. The third kappa shape index (κ3) is 2.55. The Balaban J connectivity index is 2.18. The Kier molecular flexibility index (Phi) is 3.28. The van der Waals surface area contributed by atoms with Crippen molar-refractivity contribution < 1.29 is 9.90 Å². The molecule has 1 aromatic heterocycles. The molecule has 5 heteroatoms. The van der Waals surface area contributed by atoms with E-state index in [0.717, 1.165) is 6.54 Å². The van der Waals surface area contributed by atoms with E-state index in [1.807, 2.05) is 18.7 Å². The molecule has 2 N–H and O–H groups in total. The van der Waals surface area contributed by atoms with E-state index < -0.39 is 0 Å². The second-order valence-corrected chi connectivity index (χ2v) is 4.55. The van der Waals surface area contributed by atoms with Gasteiger partial charge in [0.05, 0.1) is 11.8 Å². The van der Waals surface area contributed by atoms with Crippen LogP contribution in [0.5, 0.6) is 5.75 Å². The predicted octanol–water partition coefficient (Wildman–Crippen LogP) is 0.610. The molecule has 0 spiro atoms. The minimum Gasteiger partial charge on any atom is -0.506 e. The van der Waals surface area contributed by atoms with Crippen molar-refractivity contribution >= 4 is 5.91 Å². The number of pyridine rings is 1. The largest absolute Gasteiger partial charge is 0.506 e. The second kappa shape index (κ2) is 4.71. The molecule has 0 aromatic carbocycles. The van der Waals surface area contributed by atoms with Gasteiger partial charge in [0.1, 0.15) is 5.75 Å². The van der Waals surface area contributed by atoms with Crippen LogP contribution in [0.25, 0.3) is 0 Å². The molecule has 0 aliphatic carbocycles. The van der Waals surface area contributed by atoms with Gasteiger partial charge < -0.3 is 15.3 Å². The van der Waals surface area contributed by atoms with E-state index in [4.69, 9.17) is 0 Å². The molecule has 2 heterocycles. The number of amides is 1. The summed E-state index contributed by atoms with van der Waals surface area (Å²) in [6, 6.07) is 1.90. The molecule has 1 aliphatic rings. The van der Waals surface area contributed by atoms with E-state index in [1.54, 1.807) is 0 Å². The lowest BCUT2D eigenvalue weighted by Crippen LogP contribution is -2.56. The van der Waals surface area contributed by atoms with Gasteiger partial charge in [-0.1, -0.05) is 0 Å². The Morgan fingerprint density at radius 1 is 1.53 bits per heavy atom. The van der Waals surface area contributed by atoms with Crippen LogP contribution in [0.1, 0.15) is 24.2 Å². The van der Waals surface area contributed by atoms with Crippen molar-refractivity contribution in [2.24, 2.45) is 0 Å². The molecule has 5 nitrogen and oxygen atoms in total. The molecule has 1 amide bonds. The van der Waals surface area contributed by atoms with Crippen LogP contribution >= 0.6 is 0 Å². The average Bonchev–Trinajstić information content (AvgIpc) is 2.31. The highest BCUT2D eigenvalue weighted by Crippen LogP contribution is 2.15. The maximum Gasteiger partial charge on any atom is 0.255 e. The Hall–Kier alpha value is -1.62. The Morgan fingerprint density at radius 2 is 2.29 bits per heavy atom. The summed E-state index contributed by atoms with van der Waals surface area (Å²) in [5.74, 6) is -0.0547. The first kappa shape index (κ1) is 11.9. The fourth-order valence-corrected chi connectivity index (χ4v) is 2.02. The van der Waals surface area contributed by atoms with Crippen molar-refractivity contribution in [1.82, 2.24) is 15.2 Å². The van der Waals surface area contributed by atoms with Gasteiger partial charge in [0.25, 0.3) is 5.91 Å². The van der Waals surface area contributed by atoms with Gasteiger partial charge in [0.15, 0.2) is 0 Å². The molecule has 1 saturated heterocycles.